The molecule has 2 aliphatic rings. The number of piperidine rings is 1. The molecule has 2 aromatic rings. The Kier molecular flexibility index (Phi) is 6.64. The molecule has 1 aromatic carbocycles. The lowest BCUT2D eigenvalue weighted by Crippen LogP contribution is -2.52. The molecule has 0 radical (unpaired) electrons. The molecule has 2 saturated heterocycles. The highest BCUT2D eigenvalue weighted by atomic mass is 19.1. The second-order valence-corrected chi connectivity index (χ2v) is 8.04. The summed E-state index contributed by atoms with van der Waals surface area (Å²) in [6.45, 7) is 0.104. The number of rotatable bonds is 6. The lowest BCUT2D eigenvalue weighted by atomic mass is 10.0. The second-order valence-electron chi connectivity index (χ2n) is 8.04. The number of nitrogens with one attached hydrogen (secondary N) is 1. The Balaban J connectivity index is 1.55. The molecule has 10 nitrogen and oxygen atoms in total. The quantitative estimate of drug-likeness (QED) is 0.509. The van der Waals surface area contributed by atoms with E-state index in [1.807, 2.05) is 0 Å². The zero-order valence-electron chi connectivity index (χ0n) is 17.8. The van der Waals surface area contributed by atoms with Crippen molar-refractivity contribution < 1.29 is 33.2 Å². The molecule has 4 rings (SSSR count). The molecule has 0 amide bonds. The van der Waals surface area contributed by atoms with Crippen molar-refractivity contribution in [3.63, 3.8) is 0 Å². The molecule has 0 aliphatic carbocycles. The normalized spacial score (nSPS) is 27.1. The van der Waals surface area contributed by atoms with E-state index < -0.39 is 59.8 Å². The molecule has 180 valence electrons. The molecule has 2 aliphatic heterocycles. The monoisotopic (exact) mass is 469 g/mol. The molecule has 0 unspecified atom stereocenters. The van der Waals surface area contributed by atoms with Crippen molar-refractivity contribution in [2.24, 2.45) is 0 Å². The van der Waals surface area contributed by atoms with Crippen LogP contribution in [0.3, 0.4) is 0 Å². The summed E-state index contributed by atoms with van der Waals surface area (Å²) < 4.78 is 46.0. The molecule has 1 aromatic heterocycles. The highest BCUT2D eigenvalue weighted by Gasteiger charge is 2.50. The summed E-state index contributed by atoms with van der Waals surface area (Å²) in [4.78, 5) is 27.6. The topological polar surface area (TPSA) is 126 Å². The van der Waals surface area contributed by atoms with Gasteiger partial charge in [0.2, 0.25) is 0 Å². The average Bonchev–Trinajstić information content (AvgIpc) is 3.09. The van der Waals surface area contributed by atoms with E-state index in [0.29, 0.717) is 13.1 Å². The minimum atomic E-state index is -1.29. The Labute approximate surface area is 186 Å². The van der Waals surface area contributed by atoms with Crippen molar-refractivity contribution in [3.8, 4) is 0 Å². The number of aromatic amines is 1. The van der Waals surface area contributed by atoms with Crippen molar-refractivity contribution >= 4 is 5.69 Å². The van der Waals surface area contributed by atoms with E-state index in [2.05, 4.69) is 4.98 Å². The number of aromatic nitrogens is 2. The predicted octanol–water partition coefficient (Wildman–Crippen LogP) is 0.0937. The van der Waals surface area contributed by atoms with Crippen LogP contribution in [0.15, 0.2) is 40.1 Å². The van der Waals surface area contributed by atoms with Gasteiger partial charge in [-0.05, 0) is 12.1 Å². The first-order valence-electron chi connectivity index (χ1n) is 10.5. The van der Waals surface area contributed by atoms with Crippen LogP contribution >= 0.6 is 0 Å². The van der Waals surface area contributed by atoms with Crippen LogP contribution in [-0.2, 0) is 14.2 Å². The number of nitrogens with zero attached hydrogens (tertiary/aromatic N) is 2. The molecule has 2 fully saturated rings. The van der Waals surface area contributed by atoms with Crippen molar-refractivity contribution in [1.82, 2.24) is 9.55 Å². The van der Waals surface area contributed by atoms with Gasteiger partial charge in [-0.2, -0.15) is 0 Å². The number of anilines is 1. The lowest BCUT2D eigenvalue weighted by Gasteiger charge is -2.43. The Bertz CT molecular complexity index is 1100. The Morgan fingerprint density at radius 1 is 1.24 bits per heavy atom. The van der Waals surface area contributed by atoms with Crippen LogP contribution in [0.25, 0.3) is 0 Å². The van der Waals surface area contributed by atoms with Crippen molar-refractivity contribution in [3.05, 3.63) is 62.9 Å². The van der Waals surface area contributed by atoms with E-state index in [-0.39, 0.29) is 18.5 Å². The number of hydrogen-bond acceptors (Lipinski definition) is 8. The highest BCUT2D eigenvalue weighted by molar-refractivity contribution is 5.48. The Morgan fingerprint density at radius 2 is 1.97 bits per heavy atom. The van der Waals surface area contributed by atoms with Gasteiger partial charge in [-0.15, -0.1) is 0 Å². The summed E-state index contributed by atoms with van der Waals surface area (Å²) in [6, 6.07) is 4.49. The number of aliphatic hydroxyl groups is 2. The summed E-state index contributed by atoms with van der Waals surface area (Å²) in [5.41, 5.74) is -1.11. The molecule has 4 atom stereocenters. The van der Waals surface area contributed by atoms with Crippen LogP contribution in [0.2, 0.25) is 0 Å². The average molecular weight is 469 g/mol. The van der Waals surface area contributed by atoms with Gasteiger partial charge in [-0.3, -0.25) is 14.3 Å². The smallest absolute Gasteiger partial charge is 0.330 e. The van der Waals surface area contributed by atoms with Crippen LogP contribution in [0.1, 0.15) is 19.1 Å². The fraction of sp³-hybridized carbons (Fsp3) is 0.524. The number of methoxy groups -OCH3 is 1. The predicted molar refractivity (Wildman–Crippen MR) is 111 cm³/mol. The third kappa shape index (κ3) is 4.57. The van der Waals surface area contributed by atoms with Gasteiger partial charge in [0, 0.05) is 51.4 Å². The van der Waals surface area contributed by atoms with E-state index in [0.717, 1.165) is 16.7 Å². The van der Waals surface area contributed by atoms with Gasteiger partial charge >= 0.3 is 5.69 Å². The van der Waals surface area contributed by atoms with E-state index in [1.165, 1.54) is 25.4 Å². The third-order valence-electron chi connectivity index (χ3n) is 6.12. The van der Waals surface area contributed by atoms with E-state index in [9.17, 15) is 28.6 Å². The number of aliphatic hydroxyl groups excluding tert-OH is 2. The fourth-order valence-electron chi connectivity index (χ4n) is 4.29. The summed E-state index contributed by atoms with van der Waals surface area (Å²) in [5.74, 6) is -2.54. The molecule has 12 heteroatoms. The SMILES string of the molecule is COC1(O[C@@H]2[C@H](O)[C@@H](CO)O[C@H]2n2ccc(=O)[nH]c2=O)CCN(c2ccc(F)cc2F)CC1. The standard InChI is InChI=1S/C21H25F2N3O7/c1-31-21(5-8-25(9-6-21)14-3-2-12(22)10-13(14)23)33-18-17(29)15(11-27)32-19(18)26-7-4-16(28)24-20(26)30/h2-4,7,10,15,17-19,27,29H,5-6,8-9,11H2,1H3,(H,24,28,30)/t15-,17-,18-,19-/m1/s1. The van der Waals surface area contributed by atoms with E-state index >= 15 is 0 Å². The van der Waals surface area contributed by atoms with Gasteiger partial charge in [-0.1, -0.05) is 0 Å². The highest BCUT2D eigenvalue weighted by Crippen LogP contribution is 2.38. The zero-order valence-corrected chi connectivity index (χ0v) is 17.8. The summed E-state index contributed by atoms with van der Waals surface area (Å²) in [6.07, 6.45) is -2.82. The molecule has 3 N–H and O–H groups in total. The van der Waals surface area contributed by atoms with Crippen LogP contribution in [0.5, 0.6) is 0 Å². The number of hydrogen-bond donors (Lipinski definition) is 3. The zero-order chi connectivity index (χ0) is 23.8. The number of ether oxygens (including phenoxy) is 3. The molecule has 0 bridgehead atoms. The Morgan fingerprint density at radius 3 is 2.58 bits per heavy atom. The van der Waals surface area contributed by atoms with Crippen molar-refractivity contribution in [2.75, 3.05) is 31.7 Å². The first-order chi connectivity index (χ1) is 15.8. The number of H-pyrrole nitrogens is 1. The van der Waals surface area contributed by atoms with E-state index in [4.69, 9.17) is 14.2 Å². The number of halogens is 2. The first-order valence-corrected chi connectivity index (χ1v) is 10.5. The fourth-order valence-corrected chi connectivity index (χ4v) is 4.29. The molecular weight excluding hydrogens is 444 g/mol. The van der Waals surface area contributed by atoms with Crippen LogP contribution in [0.4, 0.5) is 14.5 Å². The maximum absolute atomic E-state index is 14.2. The third-order valence-corrected chi connectivity index (χ3v) is 6.12. The summed E-state index contributed by atoms with van der Waals surface area (Å²) >= 11 is 0. The lowest BCUT2D eigenvalue weighted by molar-refractivity contribution is -0.276. The minimum absolute atomic E-state index is 0.253. The van der Waals surface area contributed by atoms with Gasteiger partial charge in [0.15, 0.2) is 12.0 Å². The molecule has 3 heterocycles. The molecule has 0 spiro atoms. The summed E-state index contributed by atoms with van der Waals surface area (Å²) in [7, 11) is 1.43. The largest absolute Gasteiger partial charge is 0.394 e. The van der Waals surface area contributed by atoms with E-state index in [1.54, 1.807) is 4.90 Å². The maximum atomic E-state index is 14.2. The van der Waals surface area contributed by atoms with Gasteiger partial charge in [0.25, 0.3) is 5.56 Å². The molecule has 33 heavy (non-hydrogen) atoms. The minimum Gasteiger partial charge on any atom is -0.394 e. The van der Waals surface area contributed by atoms with Crippen molar-refractivity contribution in [1.29, 1.82) is 0 Å². The van der Waals surface area contributed by atoms with Gasteiger partial charge in [-0.25, -0.2) is 13.6 Å². The Hall–Kier alpha value is -2.64. The number of benzene rings is 1. The van der Waals surface area contributed by atoms with Gasteiger partial charge in [0.05, 0.1) is 12.3 Å². The van der Waals surface area contributed by atoms with Crippen molar-refractivity contribution in [2.45, 2.75) is 43.2 Å². The second kappa shape index (κ2) is 9.31. The van der Waals surface area contributed by atoms with Crippen LogP contribution < -0.4 is 16.1 Å². The first kappa shape index (κ1) is 23.5. The molecular formula is C21H25F2N3O7. The maximum Gasteiger partial charge on any atom is 0.330 e. The van der Waals surface area contributed by atoms with Gasteiger partial charge in [0.1, 0.15) is 29.9 Å². The van der Waals surface area contributed by atoms with Crippen LogP contribution in [-0.4, -0.2) is 70.7 Å². The molecule has 0 saturated carbocycles. The van der Waals surface area contributed by atoms with Gasteiger partial charge < -0.3 is 29.3 Å². The summed E-state index contributed by atoms with van der Waals surface area (Å²) in [5, 5.41) is 20.3. The van der Waals surface area contributed by atoms with Crippen LogP contribution in [0, 0.1) is 11.6 Å².